The monoisotopic (exact) mass is 745 g/mol. The zero-order chi connectivity index (χ0) is 37.8. The Morgan fingerprint density at radius 2 is 1.20 bits per heavy atom. The number of carbonyl (C=O) groups is 3. The van der Waals surface area contributed by atoms with E-state index in [4.69, 9.17) is 14.2 Å². The van der Waals surface area contributed by atoms with Gasteiger partial charge in [0.05, 0.1) is 0 Å². The van der Waals surface area contributed by atoms with Crippen LogP contribution in [0.25, 0.3) is 20.5 Å². The highest BCUT2D eigenvalue weighted by atomic mass is 32.1. The summed E-state index contributed by atoms with van der Waals surface area (Å²) in [5.74, 6) is -2.12. The maximum absolute atomic E-state index is 14.3. The number of rotatable bonds is 11. The third kappa shape index (κ3) is 7.99. The van der Waals surface area contributed by atoms with Crippen molar-refractivity contribution in [2.45, 2.75) is 19.3 Å². The van der Waals surface area contributed by atoms with Gasteiger partial charge in [0.1, 0.15) is 58.0 Å². The number of hydrogen-bond acceptors (Lipinski definition) is 12. The average molecular weight is 746 g/mol. The zero-order valence-electron chi connectivity index (χ0n) is 28.9. The van der Waals surface area contributed by atoms with Crippen molar-refractivity contribution in [1.82, 2.24) is 4.90 Å². The molecule has 0 saturated carbocycles. The van der Waals surface area contributed by atoms with Crippen LogP contribution in [0.5, 0.6) is 40.2 Å². The summed E-state index contributed by atoms with van der Waals surface area (Å²) >= 11 is 1.30. The van der Waals surface area contributed by atoms with Gasteiger partial charge in [-0.2, -0.15) is 0 Å². The molecule has 7 rings (SSSR count). The minimum absolute atomic E-state index is 0.121. The lowest BCUT2D eigenvalue weighted by molar-refractivity contribution is 0.0721. The Labute approximate surface area is 313 Å². The molecule has 1 aromatic heterocycles. The number of aromatic hydroxyl groups is 4. The van der Waals surface area contributed by atoms with Gasteiger partial charge < -0.3 is 34.6 Å². The fourth-order valence-corrected chi connectivity index (χ4v) is 7.51. The molecular weight excluding hydrogens is 711 g/mol. The molecule has 1 aliphatic heterocycles. The smallest absolute Gasteiger partial charge is 0.347 e. The Bertz CT molecular complexity index is 2340. The normalized spacial score (nSPS) is 13.0. The molecule has 0 bridgehead atoms. The summed E-state index contributed by atoms with van der Waals surface area (Å²) in [4.78, 5) is 42.9. The number of carbonyl (C=O) groups excluding carboxylic acids is 3. The first-order valence-electron chi connectivity index (χ1n) is 17.3. The minimum atomic E-state index is -0.830. The van der Waals surface area contributed by atoms with E-state index >= 15 is 0 Å². The molecule has 1 fully saturated rings. The quantitative estimate of drug-likeness (QED) is 0.0579. The lowest BCUT2D eigenvalue weighted by Crippen LogP contribution is -2.33. The molecule has 4 N–H and O–H groups in total. The van der Waals surface area contributed by atoms with Gasteiger partial charge in [-0.15, -0.1) is 11.3 Å². The van der Waals surface area contributed by atoms with Crippen molar-refractivity contribution in [1.29, 1.82) is 0 Å². The molecule has 1 aliphatic rings. The van der Waals surface area contributed by atoms with Gasteiger partial charge >= 0.3 is 11.9 Å². The fourth-order valence-electron chi connectivity index (χ4n) is 6.28. The molecule has 0 aliphatic carbocycles. The van der Waals surface area contributed by atoms with Gasteiger partial charge in [-0.1, -0.05) is 6.42 Å². The third-order valence-electron chi connectivity index (χ3n) is 9.07. The first kappa shape index (κ1) is 36.0. The number of phenols is 4. The number of hydrogen-bond donors (Lipinski definition) is 4. The number of ether oxygens (including phenoxy) is 3. The standard InChI is InChI=1S/C42H35NO10S/c44-27-8-15-32(35(46)22-27)41(49)52-30-12-6-26(7-13-30)40-38(39(48)25-4-10-29(11-5-25)51-21-20-43-18-2-1-3-19-43)34-17-14-31(24-37(34)54-40)53-42(50)33-16-9-28(45)23-36(33)47/h4-17,22-24,44-47H,1-3,18-21H2. The van der Waals surface area contributed by atoms with E-state index in [1.54, 1.807) is 66.7 Å². The van der Waals surface area contributed by atoms with Gasteiger partial charge in [-0.05, 0) is 122 Å². The number of phenolic OH excluding ortho intramolecular Hbond substituents is 4. The Hall–Kier alpha value is -6.37. The molecule has 5 aromatic carbocycles. The van der Waals surface area contributed by atoms with E-state index in [1.165, 1.54) is 54.9 Å². The van der Waals surface area contributed by atoms with Crippen molar-refractivity contribution < 1.29 is 49.0 Å². The number of ketones is 1. The highest BCUT2D eigenvalue weighted by Gasteiger charge is 2.24. The van der Waals surface area contributed by atoms with Crippen molar-refractivity contribution in [2.24, 2.45) is 0 Å². The summed E-state index contributed by atoms with van der Waals surface area (Å²) in [6.07, 6.45) is 3.68. The molecule has 0 spiro atoms. The summed E-state index contributed by atoms with van der Waals surface area (Å²) < 4.78 is 17.6. The van der Waals surface area contributed by atoms with Gasteiger partial charge in [0.25, 0.3) is 0 Å². The Balaban J connectivity index is 1.17. The summed E-state index contributed by atoms with van der Waals surface area (Å²) in [5.41, 5.74) is 1.26. The Morgan fingerprint density at radius 1 is 0.630 bits per heavy atom. The molecular formula is C42H35NO10S. The van der Waals surface area contributed by atoms with E-state index in [0.717, 1.165) is 31.8 Å². The summed E-state index contributed by atoms with van der Waals surface area (Å²) in [5, 5.41) is 40.0. The molecule has 0 atom stereocenters. The van der Waals surface area contributed by atoms with Crippen molar-refractivity contribution in [3.05, 3.63) is 125 Å². The van der Waals surface area contributed by atoms with Crippen LogP contribution >= 0.6 is 11.3 Å². The molecule has 274 valence electrons. The van der Waals surface area contributed by atoms with Crippen LogP contribution < -0.4 is 14.2 Å². The van der Waals surface area contributed by atoms with Crippen LogP contribution in [-0.4, -0.2) is 69.3 Å². The molecule has 0 amide bonds. The van der Waals surface area contributed by atoms with Crippen molar-refractivity contribution in [3.8, 4) is 50.7 Å². The molecule has 6 aromatic rings. The number of likely N-dealkylation sites (tertiary alicyclic amines) is 1. The lowest BCUT2D eigenvalue weighted by atomic mass is 9.97. The highest BCUT2D eigenvalue weighted by Crippen LogP contribution is 2.42. The van der Waals surface area contributed by atoms with Gasteiger partial charge in [0.15, 0.2) is 5.78 Å². The molecule has 11 nitrogen and oxygen atoms in total. The first-order valence-corrected chi connectivity index (χ1v) is 18.1. The Morgan fingerprint density at radius 3 is 1.81 bits per heavy atom. The van der Waals surface area contributed by atoms with Crippen LogP contribution in [0.2, 0.25) is 0 Å². The Kier molecular flexibility index (Phi) is 10.5. The highest BCUT2D eigenvalue weighted by molar-refractivity contribution is 7.22. The van der Waals surface area contributed by atoms with E-state index in [9.17, 15) is 34.8 Å². The molecule has 2 heterocycles. The summed E-state index contributed by atoms with van der Waals surface area (Å²) in [6, 6.07) is 25.6. The van der Waals surface area contributed by atoms with E-state index in [2.05, 4.69) is 4.90 Å². The lowest BCUT2D eigenvalue weighted by Gasteiger charge is -2.26. The molecule has 0 radical (unpaired) electrons. The number of thiophene rings is 1. The van der Waals surface area contributed by atoms with Crippen LogP contribution in [0.3, 0.4) is 0 Å². The molecule has 0 unspecified atom stereocenters. The van der Waals surface area contributed by atoms with Crippen LogP contribution in [0.15, 0.2) is 103 Å². The van der Waals surface area contributed by atoms with Crippen LogP contribution in [-0.2, 0) is 0 Å². The number of benzene rings is 5. The summed E-state index contributed by atoms with van der Waals surface area (Å²) in [6.45, 7) is 3.55. The third-order valence-corrected chi connectivity index (χ3v) is 10.3. The van der Waals surface area contributed by atoms with Crippen molar-refractivity contribution in [2.75, 3.05) is 26.2 Å². The summed E-state index contributed by atoms with van der Waals surface area (Å²) in [7, 11) is 0. The van der Waals surface area contributed by atoms with Gasteiger partial charge in [0.2, 0.25) is 0 Å². The van der Waals surface area contributed by atoms with Crippen LogP contribution in [0.4, 0.5) is 0 Å². The molecule has 12 heteroatoms. The number of piperidine rings is 1. The van der Waals surface area contributed by atoms with Gasteiger partial charge in [0, 0.05) is 44.8 Å². The van der Waals surface area contributed by atoms with Gasteiger partial charge in [-0.25, -0.2) is 9.59 Å². The first-order chi connectivity index (χ1) is 26.1. The molecule has 54 heavy (non-hydrogen) atoms. The SMILES string of the molecule is O=C(Oc1ccc(-c2sc3cc(OC(=O)c4ccc(O)cc4O)ccc3c2C(=O)c2ccc(OCCN3CCCCC3)cc2)cc1)c1ccc(O)cc1O. The van der Waals surface area contributed by atoms with Crippen LogP contribution in [0, 0.1) is 0 Å². The number of esters is 2. The van der Waals surface area contributed by atoms with E-state index < -0.39 is 23.4 Å². The largest absolute Gasteiger partial charge is 0.508 e. The van der Waals surface area contributed by atoms with Crippen molar-refractivity contribution in [3.63, 3.8) is 0 Å². The number of fused-ring (bicyclic) bond motifs is 1. The predicted octanol–water partition coefficient (Wildman–Crippen LogP) is 7.92. The maximum atomic E-state index is 14.3. The van der Waals surface area contributed by atoms with Crippen molar-refractivity contribution >= 4 is 39.1 Å². The minimum Gasteiger partial charge on any atom is -0.508 e. The topological polar surface area (TPSA) is 163 Å². The fraction of sp³-hybridized carbons (Fsp3) is 0.167. The van der Waals surface area contributed by atoms with E-state index in [0.29, 0.717) is 44.0 Å². The maximum Gasteiger partial charge on any atom is 0.347 e. The van der Waals surface area contributed by atoms with E-state index in [1.807, 2.05) is 0 Å². The zero-order valence-corrected chi connectivity index (χ0v) is 29.7. The predicted molar refractivity (Wildman–Crippen MR) is 202 cm³/mol. The van der Waals surface area contributed by atoms with E-state index in [-0.39, 0.29) is 39.9 Å². The second kappa shape index (κ2) is 15.7. The molecule has 1 saturated heterocycles. The number of nitrogens with zero attached hydrogens (tertiary/aromatic N) is 1. The van der Waals surface area contributed by atoms with Crippen LogP contribution in [0.1, 0.15) is 55.9 Å². The second-order valence-corrected chi connectivity index (χ2v) is 13.8. The second-order valence-electron chi connectivity index (χ2n) is 12.8. The average Bonchev–Trinajstić information content (AvgIpc) is 3.54. The van der Waals surface area contributed by atoms with Gasteiger partial charge in [-0.3, -0.25) is 9.69 Å².